The fraction of sp³-hybridized carbons (Fsp3) is 1.00. The second-order valence-electron chi connectivity index (χ2n) is 2.91. The minimum atomic E-state index is -1.33. The third kappa shape index (κ3) is 1.60. The van der Waals surface area contributed by atoms with Crippen LogP contribution in [0.4, 0.5) is 0 Å². The molecule has 0 spiro atoms. The standard InChI is InChI=1S/C7H14O5/c1-3-6(11-2)4(8)5(9)7(10)12-3/h3-10H,1-2H3/t3-,4-,5-,6+,7+/m1/s1. The van der Waals surface area contributed by atoms with Gasteiger partial charge in [0.15, 0.2) is 6.29 Å². The van der Waals surface area contributed by atoms with E-state index >= 15 is 0 Å². The molecule has 0 saturated carbocycles. The van der Waals surface area contributed by atoms with Crippen molar-refractivity contribution in [2.24, 2.45) is 0 Å². The van der Waals surface area contributed by atoms with E-state index in [2.05, 4.69) is 0 Å². The van der Waals surface area contributed by atoms with E-state index in [1.54, 1.807) is 6.92 Å². The van der Waals surface area contributed by atoms with Gasteiger partial charge in [-0.25, -0.2) is 0 Å². The molecule has 1 aliphatic rings. The second-order valence-corrected chi connectivity index (χ2v) is 2.91. The van der Waals surface area contributed by atoms with E-state index < -0.39 is 30.7 Å². The summed E-state index contributed by atoms with van der Waals surface area (Å²) in [5.41, 5.74) is 0. The molecule has 0 aliphatic carbocycles. The molecule has 0 unspecified atom stereocenters. The Kier molecular flexibility index (Phi) is 3.03. The zero-order valence-corrected chi connectivity index (χ0v) is 7.04. The number of aliphatic hydroxyl groups excluding tert-OH is 3. The number of rotatable bonds is 1. The molecule has 3 N–H and O–H groups in total. The minimum absolute atomic E-state index is 0.427. The largest absolute Gasteiger partial charge is 0.387 e. The molecule has 5 nitrogen and oxygen atoms in total. The Balaban J connectivity index is 2.65. The van der Waals surface area contributed by atoms with Crippen LogP contribution in [-0.4, -0.2) is 53.1 Å². The van der Waals surface area contributed by atoms with Crippen molar-refractivity contribution < 1.29 is 24.8 Å². The molecule has 0 aromatic heterocycles. The highest BCUT2D eigenvalue weighted by Gasteiger charge is 2.41. The lowest BCUT2D eigenvalue weighted by Gasteiger charge is -2.38. The van der Waals surface area contributed by atoms with Gasteiger partial charge >= 0.3 is 0 Å². The van der Waals surface area contributed by atoms with Gasteiger partial charge in [-0.3, -0.25) is 0 Å². The minimum Gasteiger partial charge on any atom is -0.387 e. The normalized spacial score (nSPS) is 49.2. The summed E-state index contributed by atoms with van der Waals surface area (Å²) in [5.74, 6) is 0. The summed E-state index contributed by atoms with van der Waals surface area (Å²) >= 11 is 0. The van der Waals surface area contributed by atoms with Gasteiger partial charge in [0.2, 0.25) is 0 Å². The van der Waals surface area contributed by atoms with Gasteiger partial charge in [0.25, 0.3) is 0 Å². The Hall–Kier alpha value is -0.200. The Morgan fingerprint density at radius 2 is 1.75 bits per heavy atom. The Morgan fingerprint density at radius 1 is 1.17 bits per heavy atom. The van der Waals surface area contributed by atoms with Gasteiger partial charge in [-0.15, -0.1) is 0 Å². The van der Waals surface area contributed by atoms with Crippen LogP contribution in [0.1, 0.15) is 6.92 Å². The van der Waals surface area contributed by atoms with Crippen LogP contribution >= 0.6 is 0 Å². The van der Waals surface area contributed by atoms with Crippen molar-refractivity contribution in [3.63, 3.8) is 0 Å². The smallest absolute Gasteiger partial charge is 0.183 e. The van der Waals surface area contributed by atoms with E-state index in [4.69, 9.17) is 19.7 Å². The first-order chi connectivity index (χ1) is 5.57. The molecule has 0 radical (unpaired) electrons. The maximum atomic E-state index is 9.36. The predicted molar refractivity (Wildman–Crippen MR) is 39.4 cm³/mol. The van der Waals surface area contributed by atoms with E-state index in [0.717, 1.165) is 0 Å². The van der Waals surface area contributed by atoms with E-state index in [0.29, 0.717) is 0 Å². The van der Waals surface area contributed by atoms with Crippen molar-refractivity contribution in [2.45, 2.75) is 37.6 Å². The maximum Gasteiger partial charge on any atom is 0.183 e. The molecule has 0 aromatic rings. The molecule has 1 aliphatic heterocycles. The van der Waals surface area contributed by atoms with E-state index in [1.807, 2.05) is 0 Å². The highest BCUT2D eigenvalue weighted by atomic mass is 16.6. The summed E-state index contributed by atoms with van der Waals surface area (Å²) in [6.07, 6.45) is -4.76. The molecule has 1 rings (SSSR count). The van der Waals surface area contributed by atoms with Gasteiger partial charge in [-0.1, -0.05) is 0 Å². The molecule has 1 fully saturated rings. The summed E-state index contributed by atoms with van der Waals surface area (Å²) in [4.78, 5) is 0. The van der Waals surface area contributed by atoms with Crippen LogP contribution in [0.3, 0.4) is 0 Å². The van der Waals surface area contributed by atoms with Gasteiger partial charge < -0.3 is 24.8 Å². The molecule has 12 heavy (non-hydrogen) atoms. The van der Waals surface area contributed by atoms with Crippen molar-refractivity contribution in [3.05, 3.63) is 0 Å². The lowest BCUT2D eigenvalue weighted by atomic mass is 10.00. The van der Waals surface area contributed by atoms with Gasteiger partial charge in [-0.2, -0.15) is 0 Å². The highest BCUT2D eigenvalue weighted by molar-refractivity contribution is 4.87. The number of aliphatic hydroxyl groups is 3. The number of methoxy groups -OCH3 is 1. The lowest BCUT2D eigenvalue weighted by molar-refractivity contribution is -0.281. The van der Waals surface area contributed by atoms with Crippen LogP contribution in [0.15, 0.2) is 0 Å². The van der Waals surface area contributed by atoms with Crippen molar-refractivity contribution >= 4 is 0 Å². The van der Waals surface area contributed by atoms with Crippen LogP contribution in [0, 0.1) is 0 Å². The maximum absolute atomic E-state index is 9.36. The first kappa shape index (κ1) is 9.88. The molecule has 0 aromatic carbocycles. The van der Waals surface area contributed by atoms with Crippen molar-refractivity contribution in [3.8, 4) is 0 Å². The first-order valence-electron chi connectivity index (χ1n) is 3.80. The summed E-state index contributed by atoms with van der Waals surface area (Å²) in [6.45, 7) is 1.66. The molecular weight excluding hydrogens is 164 g/mol. The Labute approximate surface area is 70.5 Å². The van der Waals surface area contributed by atoms with Gasteiger partial charge in [0.05, 0.1) is 6.10 Å². The Morgan fingerprint density at radius 3 is 2.25 bits per heavy atom. The predicted octanol–water partition coefficient (Wildman–Crippen LogP) is -1.54. The first-order valence-corrected chi connectivity index (χ1v) is 3.80. The third-order valence-corrected chi connectivity index (χ3v) is 2.07. The topological polar surface area (TPSA) is 79.2 Å². The van der Waals surface area contributed by atoms with Crippen LogP contribution in [0.2, 0.25) is 0 Å². The monoisotopic (exact) mass is 178 g/mol. The second kappa shape index (κ2) is 3.68. The molecule has 0 amide bonds. The molecule has 1 heterocycles. The zero-order chi connectivity index (χ0) is 9.30. The van der Waals surface area contributed by atoms with Crippen molar-refractivity contribution in [2.75, 3.05) is 7.11 Å². The third-order valence-electron chi connectivity index (χ3n) is 2.07. The molecule has 1 saturated heterocycles. The molecule has 5 atom stereocenters. The van der Waals surface area contributed by atoms with Gasteiger partial charge in [0, 0.05) is 7.11 Å². The number of ether oxygens (including phenoxy) is 2. The summed E-state index contributed by atoms with van der Waals surface area (Å²) in [6, 6.07) is 0. The highest BCUT2D eigenvalue weighted by Crippen LogP contribution is 2.21. The van der Waals surface area contributed by atoms with Crippen molar-refractivity contribution in [1.29, 1.82) is 0 Å². The number of hydrogen-bond donors (Lipinski definition) is 3. The van der Waals surface area contributed by atoms with Crippen LogP contribution in [0.5, 0.6) is 0 Å². The van der Waals surface area contributed by atoms with Crippen LogP contribution < -0.4 is 0 Å². The SMILES string of the molecule is CO[C@@H]1[C@H](O)[C@@H](O)[C@@H](O)O[C@@H]1C. The van der Waals surface area contributed by atoms with E-state index in [9.17, 15) is 5.11 Å². The quantitative estimate of drug-likeness (QED) is 0.453. The number of hydrogen-bond acceptors (Lipinski definition) is 5. The van der Waals surface area contributed by atoms with Gasteiger partial charge in [0.1, 0.15) is 18.3 Å². The fourth-order valence-corrected chi connectivity index (χ4v) is 1.35. The van der Waals surface area contributed by atoms with E-state index in [1.165, 1.54) is 7.11 Å². The van der Waals surface area contributed by atoms with E-state index in [-0.39, 0.29) is 0 Å². The summed E-state index contributed by atoms with van der Waals surface area (Å²) in [5, 5.41) is 27.6. The average Bonchev–Trinajstić information content (AvgIpc) is 2.01. The molecule has 72 valence electrons. The molecular formula is C7H14O5. The van der Waals surface area contributed by atoms with Crippen molar-refractivity contribution in [1.82, 2.24) is 0 Å². The summed E-state index contributed by atoms with van der Waals surface area (Å²) < 4.78 is 9.78. The molecule has 0 bridgehead atoms. The average molecular weight is 178 g/mol. The van der Waals surface area contributed by atoms with Gasteiger partial charge in [-0.05, 0) is 6.92 Å². The fourth-order valence-electron chi connectivity index (χ4n) is 1.35. The Bertz CT molecular complexity index is 151. The van der Waals surface area contributed by atoms with Crippen LogP contribution in [0.25, 0.3) is 0 Å². The zero-order valence-electron chi connectivity index (χ0n) is 7.04. The summed E-state index contributed by atoms with van der Waals surface area (Å²) in [7, 11) is 1.41. The van der Waals surface area contributed by atoms with Crippen LogP contribution in [-0.2, 0) is 9.47 Å². The lowest BCUT2D eigenvalue weighted by Crippen LogP contribution is -2.57. The molecule has 5 heteroatoms.